The molecule has 0 saturated heterocycles. The summed E-state index contributed by atoms with van der Waals surface area (Å²) >= 11 is 6.43. The van der Waals surface area contributed by atoms with Gasteiger partial charge < -0.3 is 19.5 Å². The Morgan fingerprint density at radius 3 is 2.62 bits per heavy atom. The fraction of sp³-hybridized carbons (Fsp3) is 0.429. The van der Waals surface area contributed by atoms with Crippen molar-refractivity contribution in [3.05, 3.63) is 58.1 Å². The maximum Gasteiger partial charge on any atom is 0.163 e. The highest BCUT2D eigenvalue weighted by Crippen LogP contribution is 2.34. The first-order chi connectivity index (χ1) is 12.7. The summed E-state index contributed by atoms with van der Waals surface area (Å²) in [5, 5.41) is 4.05. The van der Waals surface area contributed by atoms with E-state index in [-0.39, 0.29) is 0 Å². The van der Waals surface area contributed by atoms with Gasteiger partial charge in [-0.1, -0.05) is 35.9 Å². The molecule has 26 heavy (non-hydrogen) atoms. The molecule has 0 aliphatic heterocycles. The van der Waals surface area contributed by atoms with Gasteiger partial charge in [-0.05, 0) is 49.6 Å². The van der Waals surface area contributed by atoms with Crippen LogP contribution in [-0.4, -0.2) is 26.9 Å². The first-order valence-electron chi connectivity index (χ1n) is 8.97. The van der Waals surface area contributed by atoms with Gasteiger partial charge in [0.05, 0.1) is 7.11 Å². The van der Waals surface area contributed by atoms with Crippen molar-refractivity contribution in [2.75, 3.05) is 26.9 Å². The van der Waals surface area contributed by atoms with Gasteiger partial charge in [0.15, 0.2) is 11.5 Å². The summed E-state index contributed by atoms with van der Waals surface area (Å²) < 4.78 is 16.8. The number of hydrogen-bond donors (Lipinski definition) is 1. The van der Waals surface area contributed by atoms with Crippen molar-refractivity contribution in [2.24, 2.45) is 0 Å². The van der Waals surface area contributed by atoms with Crippen molar-refractivity contribution in [2.45, 2.75) is 33.4 Å². The molecule has 0 amide bonds. The third-order valence-electron chi connectivity index (χ3n) is 4.14. The molecule has 0 spiro atoms. The Morgan fingerprint density at radius 1 is 1.08 bits per heavy atom. The normalized spacial score (nSPS) is 10.8. The zero-order chi connectivity index (χ0) is 18.8. The van der Waals surface area contributed by atoms with Crippen LogP contribution in [0.5, 0.6) is 11.5 Å². The third kappa shape index (κ3) is 6.20. The fourth-order valence-electron chi connectivity index (χ4n) is 2.58. The number of nitrogens with one attached hydrogen (secondary N) is 1. The zero-order valence-electron chi connectivity index (χ0n) is 15.8. The first kappa shape index (κ1) is 20.6. The van der Waals surface area contributed by atoms with Crippen LogP contribution in [0.3, 0.4) is 0 Å². The summed E-state index contributed by atoms with van der Waals surface area (Å²) in [5.74, 6) is 1.34. The van der Waals surface area contributed by atoms with E-state index in [0.29, 0.717) is 29.7 Å². The Kier molecular flexibility index (Phi) is 8.75. The summed E-state index contributed by atoms with van der Waals surface area (Å²) in [6.07, 6.45) is 0.972. The lowest BCUT2D eigenvalue weighted by Gasteiger charge is -2.15. The van der Waals surface area contributed by atoms with E-state index >= 15 is 0 Å². The van der Waals surface area contributed by atoms with E-state index in [1.54, 1.807) is 7.11 Å². The number of benzene rings is 2. The summed E-state index contributed by atoms with van der Waals surface area (Å²) in [6, 6.07) is 11.9. The van der Waals surface area contributed by atoms with Crippen molar-refractivity contribution in [3.8, 4) is 11.5 Å². The predicted molar refractivity (Wildman–Crippen MR) is 106 cm³/mol. The molecule has 0 heterocycles. The van der Waals surface area contributed by atoms with Crippen LogP contribution < -0.4 is 14.8 Å². The van der Waals surface area contributed by atoms with Crippen molar-refractivity contribution >= 4 is 11.6 Å². The summed E-state index contributed by atoms with van der Waals surface area (Å²) in [7, 11) is 1.64. The number of methoxy groups -OCH3 is 1. The van der Waals surface area contributed by atoms with Crippen LogP contribution in [0.15, 0.2) is 36.4 Å². The van der Waals surface area contributed by atoms with Gasteiger partial charge >= 0.3 is 0 Å². The molecule has 2 aromatic carbocycles. The second-order valence-electron chi connectivity index (χ2n) is 6.04. The average Bonchev–Trinajstić information content (AvgIpc) is 2.65. The quantitative estimate of drug-likeness (QED) is 0.573. The van der Waals surface area contributed by atoms with Gasteiger partial charge in [-0.25, -0.2) is 0 Å². The van der Waals surface area contributed by atoms with E-state index in [1.165, 1.54) is 5.56 Å². The highest BCUT2D eigenvalue weighted by atomic mass is 35.5. The number of ether oxygens (including phenoxy) is 3. The van der Waals surface area contributed by atoms with Gasteiger partial charge in [-0.15, -0.1) is 0 Å². The molecule has 0 aliphatic carbocycles. The highest BCUT2D eigenvalue weighted by molar-refractivity contribution is 6.31. The second kappa shape index (κ2) is 11.1. The van der Waals surface area contributed by atoms with Crippen LogP contribution in [-0.2, 0) is 17.9 Å². The van der Waals surface area contributed by atoms with Crippen LogP contribution in [0.2, 0.25) is 5.02 Å². The lowest BCUT2D eigenvalue weighted by Crippen LogP contribution is -2.16. The lowest BCUT2D eigenvalue weighted by atomic mass is 10.1. The maximum absolute atomic E-state index is 6.43. The minimum absolute atomic E-state index is 0.481. The fourth-order valence-corrected chi connectivity index (χ4v) is 2.80. The molecular formula is C21H28ClNO3. The summed E-state index contributed by atoms with van der Waals surface area (Å²) in [6.45, 7) is 7.64. The molecule has 0 aliphatic rings. The van der Waals surface area contributed by atoms with E-state index < -0.39 is 0 Å². The van der Waals surface area contributed by atoms with Gasteiger partial charge in [0.2, 0.25) is 0 Å². The molecular weight excluding hydrogens is 350 g/mol. The van der Waals surface area contributed by atoms with Crippen LogP contribution in [0.4, 0.5) is 0 Å². The number of hydrogen-bond acceptors (Lipinski definition) is 4. The van der Waals surface area contributed by atoms with Crippen LogP contribution >= 0.6 is 11.6 Å². The van der Waals surface area contributed by atoms with Crippen molar-refractivity contribution in [3.63, 3.8) is 0 Å². The van der Waals surface area contributed by atoms with Gasteiger partial charge in [-0.2, -0.15) is 0 Å². The molecule has 0 radical (unpaired) electrons. The lowest BCUT2D eigenvalue weighted by molar-refractivity contribution is 0.144. The molecule has 0 bridgehead atoms. The van der Waals surface area contributed by atoms with Crippen molar-refractivity contribution in [1.82, 2.24) is 5.32 Å². The molecule has 4 nitrogen and oxygen atoms in total. The monoisotopic (exact) mass is 377 g/mol. The summed E-state index contributed by atoms with van der Waals surface area (Å²) in [4.78, 5) is 0. The minimum atomic E-state index is 0.481. The SMILES string of the molecule is CCOCCCNCc1cc(OC)c(OCc2ccccc2C)cc1Cl. The second-order valence-corrected chi connectivity index (χ2v) is 6.44. The van der Waals surface area contributed by atoms with E-state index in [4.69, 9.17) is 25.8 Å². The first-order valence-corrected chi connectivity index (χ1v) is 9.35. The minimum Gasteiger partial charge on any atom is -0.493 e. The summed E-state index contributed by atoms with van der Waals surface area (Å²) in [5.41, 5.74) is 3.33. The van der Waals surface area contributed by atoms with Crippen molar-refractivity contribution < 1.29 is 14.2 Å². The molecule has 1 N–H and O–H groups in total. The van der Waals surface area contributed by atoms with E-state index in [2.05, 4.69) is 24.4 Å². The topological polar surface area (TPSA) is 39.7 Å². The van der Waals surface area contributed by atoms with Crippen LogP contribution in [0.25, 0.3) is 0 Å². The van der Waals surface area contributed by atoms with Gasteiger partial charge in [0.1, 0.15) is 6.61 Å². The molecule has 0 atom stereocenters. The van der Waals surface area contributed by atoms with E-state index in [0.717, 1.165) is 37.3 Å². The predicted octanol–water partition coefficient (Wildman–Crippen LogP) is 4.75. The number of rotatable bonds is 11. The highest BCUT2D eigenvalue weighted by Gasteiger charge is 2.11. The number of halogens is 1. The standard InChI is InChI=1S/C21H28ClNO3/c1-4-25-11-7-10-23-14-18-12-20(24-3)21(13-19(18)22)26-15-17-9-6-5-8-16(17)2/h5-6,8-9,12-13,23H,4,7,10-11,14-15H2,1-3H3. The molecule has 0 aromatic heterocycles. The van der Waals surface area contributed by atoms with Crippen LogP contribution in [0, 0.1) is 6.92 Å². The number of aryl methyl sites for hydroxylation is 1. The molecule has 5 heteroatoms. The Morgan fingerprint density at radius 2 is 1.88 bits per heavy atom. The molecule has 0 unspecified atom stereocenters. The Bertz CT molecular complexity index is 691. The molecule has 2 aromatic rings. The Hall–Kier alpha value is -1.75. The van der Waals surface area contributed by atoms with E-state index in [9.17, 15) is 0 Å². The smallest absolute Gasteiger partial charge is 0.163 e. The zero-order valence-corrected chi connectivity index (χ0v) is 16.6. The maximum atomic E-state index is 6.43. The Labute approximate surface area is 161 Å². The average molecular weight is 378 g/mol. The third-order valence-corrected chi connectivity index (χ3v) is 4.49. The molecule has 2 rings (SSSR count). The van der Waals surface area contributed by atoms with Gasteiger partial charge in [0, 0.05) is 30.8 Å². The van der Waals surface area contributed by atoms with Crippen LogP contribution in [0.1, 0.15) is 30.0 Å². The largest absolute Gasteiger partial charge is 0.493 e. The van der Waals surface area contributed by atoms with Crippen molar-refractivity contribution in [1.29, 1.82) is 0 Å². The molecule has 0 fully saturated rings. The van der Waals surface area contributed by atoms with Gasteiger partial charge in [0.25, 0.3) is 0 Å². The molecule has 0 saturated carbocycles. The Balaban J connectivity index is 1.96. The van der Waals surface area contributed by atoms with Gasteiger partial charge in [-0.3, -0.25) is 0 Å². The van der Waals surface area contributed by atoms with E-state index in [1.807, 2.05) is 31.2 Å². The molecule has 142 valence electrons.